The van der Waals surface area contributed by atoms with Crippen LogP contribution in [0.1, 0.15) is 52.4 Å². The fraction of sp³-hybridized carbons (Fsp3) is 1.00. The van der Waals surface area contributed by atoms with E-state index in [-0.39, 0.29) is 0 Å². The Kier molecular flexibility index (Phi) is 10.7. The van der Waals surface area contributed by atoms with E-state index in [4.69, 9.17) is 0 Å². The first-order valence-corrected chi connectivity index (χ1v) is 6.15. The van der Waals surface area contributed by atoms with Crippen LogP contribution < -0.4 is 0 Å². The van der Waals surface area contributed by atoms with Crippen LogP contribution in [-0.4, -0.2) is 11.5 Å². The van der Waals surface area contributed by atoms with E-state index in [0.717, 1.165) is 0 Å². The minimum Gasteiger partial charge on any atom is -0.162 e. The van der Waals surface area contributed by atoms with Crippen LogP contribution in [0.25, 0.3) is 0 Å². The van der Waals surface area contributed by atoms with E-state index in [9.17, 15) is 0 Å². The standard InChI is InChI=1S/C10H22S/c1-3-5-6-7-8-10-11-9-4-2/h3-10H2,1-2H3. The Morgan fingerprint density at radius 1 is 0.727 bits per heavy atom. The third kappa shape index (κ3) is 10.4. The minimum absolute atomic E-state index is 1.33. The van der Waals surface area contributed by atoms with Crippen LogP contribution in [-0.2, 0) is 0 Å². The average Bonchev–Trinajstić information content (AvgIpc) is 2.03. The van der Waals surface area contributed by atoms with Gasteiger partial charge >= 0.3 is 0 Å². The van der Waals surface area contributed by atoms with E-state index < -0.39 is 0 Å². The highest BCUT2D eigenvalue weighted by atomic mass is 32.2. The second kappa shape index (κ2) is 10.3. The largest absolute Gasteiger partial charge is 0.162 e. The molecule has 0 rings (SSSR count). The van der Waals surface area contributed by atoms with Gasteiger partial charge in [-0.25, -0.2) is 0 Å². The molecule has 11 heavy (non-hydrogen) atoms. The molecule has 0 unspecified atom stereocenters. The predicted octanol–water partition coefficient (Wildman–Crippen LogP) is 4.10. The summed E-state index contributed by atoms with van der Waals surface area (Å²) in [6.07, 6.45) is 8.46. The van der Waals surface area contributed by atoms with Gasteiger partial charge in [-0.1, -0.05) is 39.5 Å². The molecule has 0 saturated carbocycles. The molecule has 0 nitrogen and oxygen atoms in total. The summed E-state index contributed by atoms with van der Waals surface area (Å²) in [6.45, 7) is 4.52. The molecular weight excluding hydrogens is 152 g/mol. The number of unbranched alkanes of at least 4 members (excludes halogenated alkanes) is 4. The zero-order chi connectivity index (χ0) is 8.36. The maximum Gasteiger partial charge on any atom is -0.00675 e. The Hall–Kier alpha value is 0.350. The maximum absolute atomic E-state index is 2.27. The van der Waals surface area contributed by atoms with Gasteiger partial charge in [-0.3, -0.25) is 0 Å². The van der Waals surface area contributed by atoms with E-state index in [1.54, 1.807) is 0 Å². The van der Waals surface area contributed by atoms with Gasteiger partial charge in [-0.15, -0.1) is 0 Å². The molecule has 0 aliphatic rings. The summed E-state index contributed by atoms with van der Waals surface area (Å²) in [4.78, 5) is 0. The molecule has 0 aromatic heterocycles. The van der Waals surface area contributed by atoms with Gasteiger partial charge < -0.3 is 0 Å². The first-order chi connectivity index (χ1) is 5.41. The van der Waals surface area contributed by atoms with Crippen LogP contribution in [0.2, 0.25) is 0 Å². The summed E-state index contributed by atoms with van der Waals surface area (Å²) in [5.41, 5.74) is 0. The quantitative estimate of drug-likeness (QED) is 0.499. The van der Waals surface area contributed by atoms with E-state index in [1.165, 1.54) is 50.0 Å². The molecule has 0 aliphatic heterocycles. The average molecular weight is 174 g/mol. The van der Waals surface area contributed by atoms with Crippen molar-refractivity contribution >= 4 is 11.8 Å². The lowest BCUT2D eigenvalue weighted by Gasteiger charge is -1.99. The molecule has 68 valence electrons. The molecule has 0 saturated heterocycles. The molecule has 0 fully saturated rings. The highest BCUT2D eigenvalue weighted by Gasteiger charge is 1.89. The fourth-order valence-electron chi connectivity index (χ4n) is 1.05. The van der Waals surface area contributed by atoms with Crippen molar-refractivity contribution < 1.29 is 0 Å². The van der Waals surface area contributed by atoms with Crippen molar-refractivity contribution in [2.75, 3.05) is 11.5 Å². The normalized spacial score (nSPS) is 10.4. The summed E-state index contributed by atoms with van der Waals surface area (Å²) >= 11 is 2.11. The molecule has 0 amide bonds. The van der Waals surface area contributed by atoms with Gasteiger partial charge in [0.05, 0.1) is 0 Å². The molecule has 0 bridgehead atoms. The summed E-state index contributed by atoms with van der Waals surface area (Å²) in [5.74, 6) is 2.74. The van der Waals surface area contributed by atoms with Crippen LogP contribution in [0.4, 0.5) is 0 Å². The highest BCUT2D eigenvalue weighted by Crippen LogP contribution is 2.09. The van der Waals surface area contributed by atoms with Crippen molar-refractivity contribution in [1.82, 2.24) is 0 Å². The Balaban J connectivity index is 2.69. The first-order valence-electron chi connectivity index (χ1n) is 4.99. The smallest absolute Gasteiger partial charge is 0.00675 e. The van der Waals surface area contributed by atoms with Crippen LogP contribution in [0.15, 0.2) is 0 Å². The molecule has 0 atom stereocenters. The van der Waals surface area contributed by atoms with Gasteiger partial charge in [-0.2, -0.15) is 11.8 Å². The number of hydrogen-bond acceptors (Lipinski definition) is 1. The van der Waals surface area contributed by atoms with Gasteiger partial charge in [0.2, 0.25) is 0 Å². The Morgan fingerprint density at radius 3 is 2.09 bits per heavy atom. The maximum atomic E-state index is 2.27. The number of rotatable bonds is 8. The second-order valence-corrected chi connectivity index (χ2v) is 4.25. The van der Waals surface area contributed by atoms with Gasteiger partial charge in [-0.05, 0) is 24.3 Å². The van der Waals surface area contributed by atoms with Crippen molar-refractivity contribution in [3.05, 3.63) is 0 Å². The molecular formula is C10H22S. The monoisotopic (exact) mass is 174 g/mol. The fourth-order valence-corrected chi connectivity index (χ4v) is 1.96. The zero-order valence-corrected chi connectivity index (χ0v) is 8.88. The van der Waals surface area contributed by atoms with Crippen molar-refractivity contribution in [1.29, 1.82) is 0 Å². The SMILES string of the molecule is CCCCCCCSCCC. The Bertz CT molecular complexity index is 53.9. The third-order valence-corrected chi connectivity index (χ3v) is 3.01. The van der Waals surface area contributed by atoms with Crippen LogP contribution >= 0.6 is 11.8 Å². The molecule has 0 aromatic carbocycles. The summed E-state index contributed by atoms with van der Waals surface area (Å²) in [7, 11) is 0. The molecule has 0 spiro atoms. The third-order valence-electron chi connectivity index (χ3n) is 1.74. The van der Waals surface area contributed by atoms with Gasteiger partial charge in [0.15, 0.2) is 0 Å². The van der Waals surface area contributed by atoms with Crippen LogP contribution in [0, 0.1) is 0 Å². The van der Waals surface area contributed by atoms with E-state index in [1.807, 2.05) is 0 Å². The lowest BCUT2D eigenvalue weighted by molar-refractivity contribution is 0.659. The first kappa shape index (κ1) is 11.4. The minimum atomic E-state index is 1.33. The molecule has 0 aliphatic carbocycles. The van der Waals surface area contributed by atoms with Crippen molar-refractivity contribution in [2.45, 2.75) is 52.4 Å². The summed E-state index contributed by atoms with van der Waals surface area (Å²) in [6, 6.07) is 0. The van der Waals surface area contributed by atoms with E-state index >= 15 is 0 Å². The number of hydrogen-bond donors (Lipinski definition) is 0. The van der Waals surface area contributed by atoms with Crippen LogP contribution in [0.3, 0.4) is 0 Å². The highest BCUT2D eigenvalue weighted by molar-refractivity contribution is 7.99. The van der Waals surface area contributed by atoms with E-state index in [2.05, 4.69) is 25.6 Å². The van der Waals surface area contributed by atoms with Crippen molar-refractivity contribution in [3.8, 4) is 0 Å². The van der Waals surface area contributed by atoms with Gasteiger partial charge in [0.25, 0.3) is 0 Å². The molecule has 0 aromatic rings. The van der Waals surface area contributed by atoms with Crippen molar-refractivity contribution in [3.63, 3.8) is 0 Å². The Labute approximate surface area is 76.1 Å². The lowest BCUT2D eigenvalue weighted by atomic mass is 10.2. The molecule has 1 heteroatoms. The van der Waals surface area contributed by atoms with E-state index in [0.29, 0.717) is 0 Å². The van der Waals surface area contributed by atoms with Gasteiger partial charge in [0.1, 0.15) is 0 Å². The summed E-state index contributed by atoms with van der Waals surface area (Å²) in [5, 5.41) is 0. The zero-order valence-electron chi connectivity index (χ0n) is 8.07. The van der Waals surface area contributed by atoms with Crippen molar-refractivity contribution in [2.24, 2.45) is 0 Å². The summed E-state index contributed by atoms with van der Waals surface area (Å²) < 4.78 is 0. The van der Waals surface area contributed by atoms with Crippen LogP contribution in [0.5, 0.6) is 0 Å². The number of thioether (sulfide) groups is 1. The van der Waals surface area contributed by atoms with Gasteiger partial charge in [0, 0.05) is 0 Å². The molecule has 0 heterocycles. The molecule has 0 N–H and O–H groups in total. The predicted molar refractivity (Wildman–Crippen MR) is 56.4 cm³/mol. The molecule has 0 radical (unpaired) electrons. The Morgan fingerprint density at radius 2 is 1.45 bits per heavy atom. The lowest BCUT2D eigenvalue weighted by Crippen LogP contribution is -1.83. The second-order valence-electron chi connectivity index (χ2n) is 3.03. The topological polar surface area (TPSA) is 0 Å².